The number of rotatable bonds is 23. The number of fused-ring (bicyclic) bond motifs is 17. The molecule has 18 rings (SSSR count). The number of alkyl halides is 6. The van der Waals surface area contributed by atoms with Crippen molar-refractivity contribution in [3.63, 3.8) is 0 Å². The first-order valence-corrected chi connectivity index (χ1v) is 50.0. The van der Waals surface area contributed by atoms with E-state index in [-0.39, 0.29) is 152 Å². The molecule has 4 heterocycles. The third kappa shape index (κ3) is 17.6. The number of piperidine rings is 2. The minimum absolute atomic E-state index is 0.00812. The van der Waals surface area contributed by atoms with E-state index in [4.69, 9.17) is 25.1 Å². The van der Waals surface area contributed by atoms with E-state index >= 15 is 13.2 Å². The molecule has 14 N–H and O–H groups in total. The summed E-state index contributed by atoms with van der Waals surface area (Å²) in [5.74, 6) is -14.8. The number of aliphatic hydroxyl groups excluding tert-OH is 4. The minimum Gasteiger partial charge on any atom is -0.485 e. The van der Waals surface area contributed by atoms with Gasteiger partial charge in [0.25, 0.3) is 29.5 Å². The van der Waals surface area contributed by atoms with Gasteiger partial charge in [-0.15, -0.1) is 0 Å². The van der Waals surface area contributed by atoms with Crippen LogP contribution in [-0.2, 0) is 57.5 Å². The molecule has 16 aliphatic rings. The fourth-order valence-corrected chi connectivity index (χ4v) is 28.7. The predicted octanol–water partition coefficient (Wildman–Crippen LogP) is 9.38. The summed E-state index contributed by atoms with van der Waals surface area (Å²) >= 11 is 0. The molecule has 33 nitrogen and oxygen atoms in total. The Balaban J connectivity index is 0.000000158. The fourth-order valence-electron chi connectivity index (χ4n) is 28.7. The van der Waals surface area contributed by atoms with Gasteiger partial charge in [0.05, 0.1) is 40.6 Å². The Labute approximate surface area is 833 Å². The summed E-state index contributed by atoms with van der Waals surface area (Å²) in [5, 5.41) is 102. The first kappa shape index (κ1) is 110. The van der Waals surface area contributed by atoms with E-state index in [9.17, 15) is 126 Å². The van der Waals surface area contributed by atoms with Gasteiger partial charge >= 0.3 is 18.1 Å². The van der Waals surface area contributed by atoms with Crippen molar-refractivity contribution in [2.45, 2.75) is 293 Å². The lowest BCUT2D eigenvalue weighted by Gasteiger charge is -2.62. The molecule has 2 aromatic rings. The van der Waals surface area contributed by atoms with Crippen LogP contribution < -0.4 is 31.2 Å². The predicted molar refractivity (Wildman–Crippen MR) is 503 cm³/mol. The summed E-state index contributed by atoms with van der Waals surface area (Å²) in [4.78, 5) is 197. The summed E-state index contributed by atoms with van der Waals surface area (Å²) in [6.07, 6.45) is 15.4. The van der Waals surface area contributed by atoms with Crippen LogP contribution >= 0.6 is 0 Å². The molecule has 0 bridgehead atoms. The zero-order chi connectivity index (χ0) is 107. The lowest BCUT2D eigenvalue weighted by molar-refractivity contribution is -0.225. The second-order valence-corrected chi connectivity index (χ2v) is 43.7. The molecule has 788 valence electrons. The molecule has 12 aliphatic carbocycles. The van der Waals surface area contributed by atoms with Gasteiger partial charge in [-0.25, -0.2) is 22.8 Å². The van der Waals surface area contributed by atoms with Crippen molar-refractivity contribution in [3.05, 3.63) is 130 Å². The van der Waals surface area contributed by atoms with Crippen molar-refractivity contribution in [1.29, 1.82) is 0 Å². The quantitative estimate of drug-likeness (QED) is 0.0213. The van der Waals surface area contributed by atoms with Crippen molar-refractivity contribution < 1.29 is 158 Å². The molecule has 145 heavy (non-hydrogen) atoms. The number of hydrogen-bond donors (Lipinski definition) is 13. The number of benzene rings is 2. The average Bonchev–Trinajstić information content (AvgIpc) is 1.55. The highest BCUT2D eigenvalue weighted by atomic mass is 19.4. The number of nitrogens with two attached hydrogens (primary N) is 1. The van der Waals surface area contributed by atoms with E-state index in [1.165, 1.54) is 54.6 Å². The SMILES string of the molecule is C[C@@H]1C[C@H]2[C@@H]3CCC4=CC(=O)C=C[C@]4(C)[C@@]3(F)[C@@H](O)C[C@]2(C)[C@@]1(O)C(=O)NCCCCCC(=O)COc1cccc2c1C(=O)N(C1CCC(=O)NC1=O)C2=O.C[C@@H]1C[C@H]2[C@@H]3CCC4=CC(=O)C=C[C@]4(C)[C@@]3(F)[C@@H](O)C[C@]2(C)[C@@]1(O)C(=O)O.C[C@@H]1C[C@H]2[C@@H]3CCC4=CCC=C[C@]4(C)[C@@]3(F)[C@@H](O)C[C@]2(C)[C@@]1(O)C(=O)CO.NCCCCCC(=O)COc1cccc2c1C(=O)N(C1CCC(=O)NC1=O)C2=O.O=C(O)C(F)(F)F. The first-order chi connectivity index (χ1) is 67.9. The fraction of sp³-hybridized carbons (Fsp3) is 0.623. The lowest BCUT2D eigenvalue weighted by Crippen LogP contribution is -2.70. The minimum atomic E-state index is -5.08. The van der Waals surface area contributed by atoms with E-state index in [0.717, 1.165) is 41.1 Å². The Morgan fingerprint density at radius 3 is 1.27 bits per heavy atom. The van der Waals surface area contributed by atoms with E-state index in [1.54, 1.807) is 66.7 Å². The van der Waals surface area contributed by atoms with Crippen LogP contribution in [0.5, 0.6) is 11.5 Å². The number of aliphatic hydroxyl groups is 7. The summed E-state index contributed by atoms with van der Waals surface area (Å²) in [6.45, 7) is 15.4. The van der Waals surface area contributed by atoms with Crippen LogP contribution in [0.15, 0.2) is 108 Å². The molecule has 2 aromatic carbocycles. The number of carboxylic acids is 2. The molecule has 4 aliphatic heterocycles. The van der Waals surface area contributed by atoms with Crippen LogP contribution in [0.4, 0.5) is 26.3 Å². The van der Waals surface area contributed by atoms with Crippen LogP contribution in [0.3, 0.4) is 0 Å². The maximum Gasteiger partial charge on any atom is 0.490 e. The smallest absolute Gasteiger partial charge is 0.485 e. The molecule has 26 atom stereocenters. The highest BCUT2D eigenvalue weighted by Gasteiger charge is 2.80. The molecule has 2 saturated heterocycles. The number of carbonyl (C=O) groups is 16. The Morgan fingerprint density at radius 1 is 0.497 bits per heavy atom. The number of carbonyl (C=O) groups excluding carboxylic acids is 14. The second-order valence-electron chi connectivity index (χ2n) is 43.7. The Bertz CT molecular complexity index is 5860. The molecule has 9 saturated carbocycles. The number of halogens is 6. The van der Waals surface area contributed by atoms with E-state index in [1.807, 2.05) is 26.0 Å². The van der Waals surface area contributed by atoms with Gasteiger partial charge in [-0.2, -0.15) is 13.2 Å². The summed E-state index contributed by atoms with van der Waals surface area (Å²) in [7, 11) is 0. The van der Waals surface area contributed by atoms with Gasteiger partial charge in [-0.3, -0.25) is 87.6 Å². The largest absolute Gasteiger partial charge is 0.490 e. The highest BCUT2D eigenvalue weighted by Crippen LogP contribution is 2.75. The number of unbranched alkanes of at least 4 members (excludes halogenated alkanes) is 4. The summed E-state index contributed by atoms with van der Waals surface area (Å²) < 4.78 is 94.0. The van der Waals surface area contributed by atoms with Crippen LogP contribution in [0.1, 0.15) is 264 Å². The van der Waals surface area contributed by atoms with E-state index < -0.39 is 210 Å². The van der Waals surface area contributed by atoms with Crippen molar-refractivity contribution >= 4 is 94.0 Å². The van der Waals surface area contributed by atoms with Crippen molar-refractivity contribution in [3.8, 4) is 11.5 Å². The van der Waals surface area contributed by atoms with Gasteiger partial charge in [-0.05, 0) is 233 Å². The summed E-state index contributed by atoms with van der Waals surface area (Å²) in [5.41, 5.74) is -9.67. The summed E-state index contributed by atoms with van der Waals surface area (Å²) in [6, 6.07) is 6.80. The Hall–Kier alpha value is -10.9. The average molecular weight is 2030 g/mol. The third-order valence-electron chi connectivity index (χ3n) is 36.4. The number of nitrogens with one attached hydrogen (secondary N) is 3. The number of ether oxygens (including phenoxy) is 2. The number of carboxylic acid groups (broad SMARTS) is 2. The van der Waals surface area contributed by atoms with Gasteiger partial charge in [0.2, 0.25) is 23.6 Å². The van der Waals surface area contributed by atoms with Gasteiger partial charge in [-0.1, -0.05) is 114 Å². The molecule has 0 aromatic heterocycles. The zero-order valence-electron chi connectivity index (χ0n) is 82.6. The molecular formula is C106H130F6N6O27. The Kier molecular flexibility index (Phi) is 30.5. The number of amides is 9. The van der Waals surface area contributed by atoms with Gasteiger partial charge in [0.15, 0.2) is 57.1 Å². The van der Waals surface area contributed by atoms with Crippen LogP contribution in [0, 0.1) is 85.8 Å². The Morgan fingerprint density at radius 2 is 0.876 bits per heavy atom. The van der Waals surface area contributed by atoms with Crippen molar-refractivity contribution in [2.75, 3.05) is 32.9 Å². The number of allylic oxidation sites excluding steroid dienone is 12. The lowest BCUT2D eigenvalue weighted by atomic mass is 9.44. The zero-order valence-corrected chi connectivity index (χ0v) is 82.6. The molecule has 11 fully saturated rings. The van der Waals surface area contributed by atoms with E-state index in [0.29, 0.717) is 101 Å². The van der Waals surface area contributed by atoms with Crippen molar-refractivity contribution in [2.24, 2.45) is 91.5 Å². The highest BCUT2D eigenvalue weighted by molar-refractivity contribution is 6.26. The number of ketones is 5. The number of hydrogen-bond acceptors (Lipinski definition) is 26. The molecule has 2 unspecified atom stereocenters. The first-order valence-electron chi connectivity index (χ1n) is 50.0. The number of imide groups is 4. The maximum absolute atomic E-state index is 17.4. The van der Waals surface area contributed by atoms with Gasteiger partial charge in [0.1, 0.15) is 49.0 Å². The third-order valence-corrected chi connectivity index (χ3v) is 36.4. The molecule has 0 radical (unpaired) electrons. The topological polar surface area (TPSA) is 542 Å². The number of nitrogens with zero attached hydrogens (tertiary/aromatic N) is 2. The molecule has 9 amide bonds. The second kappa shape index (κ2) is 40.3. The number of aliphatic carboxylic acids is 2. The van der Waals surface area contributed by atoms with Crippen LogP contribution in [0.25, 0.3) is 0 Å². The monoisotopic (exact) mass is 2030 g/mol. The standard InChI is InChI=1S/C41H48FN3O10.C22H31FO4.C21H27FO5.C20H23N3O6.C2HF3O2/c1-22-18-28-27-12-11-23-19-24(46)15-16-38(23,2)40(27,42)31(48)20-39(28,3)41(22,54)37(53)43-17-6-4-5-8-25(47)21-55-30-10-7-9-26-33(30)36(52)45(35(26)51)29-13-14-32(49)44-34(29)50;1-13-10-16-15-8-7-14-6-4-5-9-19(14,2)21(15,23)17(25)11-20(16,3)22(13,27)18(26)12-24;1-11-8-15-14-5-4-12-9-13(23)6-7-18(12,2)20(14,22)16(24)10-19(15,3)21(11,27)17(25)26;21-10-3-1-2-5-12(24)11-29-15-7-4-6-13-17(15)20(28)23(19(13)27)14-8-9-16(25)22-18(14)26;3-2(4,5)1(6)7/h7,9-10,15-16,19,22,27-29,31,48,54H,4-6,8,11-14,17-18,20-21H2,1-3H3,(H,43,53)(H,44,49,50);5-6,9,13,15-17,24-25,27H,4,7-8,10-12H2,1-3H3;6-7,9,11,14-16,24,27H,4-5,8,10H2,1-3H3,(H,25,26);4,6-7,14H,1-3,5,8-11,21H2,(H,22,25,26);(H,6,7)/t22-,27+,28+,29?,31+,38+,39+,40+,41+;13-,15+,16+,17+,19+,20+,21+,22+;11-,14+,15+,16+,18+,19+,20+,21+;;/m111../s1. The molecule has 39 heteroatoms. The maximum atomic E-state index is 17.4. The molecular weight excluding hydrogens is 1900 g/mol. The normalized spacial score (nSPS) is 38.2. The van der Waals surface area contributed by atoms with Gasteiger partial charge < -0.3 is 66.5 Å². The van der Waals surface area contributed by atoms with Crippen molar-refractivity contribution in [1.82, 2.24) is 25.8 Å². The van der Waals surface area contributed by atoms with Crippen LogP contribution in [-0.4, -0.2) is 253 Å². The molecule has 0 spiro atoms. The van der Waals surface area contributed by atoms with Crippen LogP contribution in [0.2, 0.25) is 0 Å². The van der Waals surface area contributed by atoms with Gasteiger partial charge in [0, 0.05) is 82.5 Å². The van der Waals surface area contributed by atoms with E-state index in [2.05, 4.69) is 22.0 Å². The number of Topliss-reactive ketones (excluding diaryl/α,β-unsaturated/α-hetero) is 3.